The minimum atomic E-state index is -1.23. The molecule has 1 N–H and O–H groups in total. The third kappa shape index (κ3) is 2.69. The second-order valence-electron chi connectivity index (χ2n) is 3.10. The Balaban J connectivity index is 2.28. The van der Waals surface area contributed by atoms with Crippen molar-refractivity contribution in [2.24, 2.45) is 0 Å². The molecule has 1 aromatic heterocycles. The maximum atomic E-state index is 10.6. The molecular weight excluding hydrogens is 304 g/mol. The molecule has 0 saturated heterocycles. The number of nitrogens with zero attached hydrogens (tertiary/aromatic N) is 1. The van der Waals surface area contributed by atoms with Crippen LogP contribution in [0.4, 0.5) is 0 Å². The minimum Gasteiger partial charge on any atom is -0.476 e. The molecule has 94 valence electrons. The third-order valence-electron chi connectivity index (χ3n) is 1.87. The van der Waals surface area contributed by atoms with Crippen molar-refractivity contribution in [2.75, 3.05) is 0 Å². The van der Waals surface area contributed by atoms with E-state index in [4.69, 9.17) is 49.1 Å². The predicted molar refractivity (Wildman–Crippen MR) is 65.0 cm³/mol. The summed E-state index contributed by atoms with van der Waals surface area (Å²) in [6.45, 7) is 0. The van der Waals surface area contributed by atoms with Crippen molar-refractivity contribution in [1.29, 1.82) is 0 Å². The number of carbonyl (C=O) groups is 1. The predicted octanol–water partition coefficient (Wildman–Crippen LogP) is 4.13. The van der Waals surface area contributed by atoms with E-state index in [0.29, 0.717) is 0 Å². The molecule has 0 fully saturated rings. The van der Waals surface area contributed by atoms with Gasteiger partial charge in [0.05, 0.1) is 15.1 Å². The van der Waals surface area contributed by atoms with E-state index in [1.165, 1.54) is 12.1 Å². The van der Waals surface area contributed by atoms with Gasteiger partial charge in [0.1, 0.15) is 6.26 Å². The van der Waals surface area contributed by atoms with Gasteiger partial charge in [0.25, 0.3) is 0 Å². The van der Waals surface area contributed by atoms with Crippen LogP contribution in [0.2, 0.25) is 15.1 Å². The number of benzene rings is 1. The number of aromatic nitrogens is 1. The Bertz CT molecular complexity index is 611. The van der Waals surface area contributed by atoms with Crippen molar-refractivity contribution < 1.29 is 19.1 Å². The van der Waals surface area contributed by atoms with E-state index in [0.717, 1.165) is 6.26 Å². The van der Waals surface area contributed by atoms with Gasteiger partial charge in [0.2, 0.25) is 0 Å². The minimum absolute atomic E-state index is 0.157. The first-order chi connectivity index (χ1) is 8.47. The summed E-state index contributed by atoms with van der Waals surface area (Å²) < 4.78 is 9.97. The van der Waals surface area contributed by atoms with E-state index >= 15 is 0 Å². The molecule has 0 aliphatic rings. The number of carboxylic acids is 1. The van der Waals surface area contributed by atoms with Gasteiger partial charge in [-0.1, -0.05) is 34.8 Å². The third-order valence-corrected chi connectivity index (χ3v) is 2.89. The van der Waals surface area contributed by atoms with Gasteiger partial charge in [-0.05, 0) is 6.07 Å². The fraction of sp³-hybridized carbons (Fsp3) is 0. The molecule has 0 aliphatic heterocycles. The number of rotatable bonds is 3. The van der Waals surface area contributed by atoms with Gasteiger partial charge in [-0.25, -0.2) is 4.79 Å². The van der Waals surface area contributed by atoms with E-state index < -0.39 is 5.97 Å². The lowest BCUT2D eigenvalue weighted by Crippen LogP contribution is -1.95. The average Bonchev–Trinajstić information content (AvgIpc) is 2.74. The van der Waals surface area contributed by atoms with Crippen LogP contribution in [-0.4, -0.2) is 16.1 Å². The first-order valence-corrected chi connectivity index (χ1v) is 5.62. The Morgan fingerprint density at radius 2 is 1.89 bits per heavy atom. The molecule has 8 heteroatoms. The largest absolute Gasteiger partial charge is 0.476 e. The Morgan fingerprint density at radius 3 is 2.50 bits per heavy atom. The molecule has 0 unspecified atom stereocenters. The van der Waals surface area contributed by atoms with E-state index in [9.17, 15) is 4.79 Å². The SMILES string of the molecule is O=C(O)c1coc(Oc2cc(Cl)c(Cl)cc2Cl)n1. The van der Waals surface area contributed by atoms with Crippen molar-refractivity contribution in [3.63, 3.8) is 0 Å². The van der Waals surface area contributed by atoms with Crippen molar-refractivity contribution in [1.82, 2.24) is 4.98 Å². The first-order valence-electron chi connectivity index (χ1n) is 4.48. The quantitative estimate of drug-likeness (QED) is 0.863. The van der Waals surface area contributed by atoms with E-state index in [1.807, 2.05) is 0 Å². The smallest absolute Gasteiger partial charge is 0.399 e. The zero-order valence-corrected chi connectivity index (χ0v) is 10.8. The van der Waals surface area contributed by atoms with Crippen LogP contribution in [0.25, 0.3) is 0 Å². The van der Waals surface area contributed by atoms with Crippen molar-refractivity contribution in [3.05, 3.63) is 39.2 Å². The molecule has 5 nitrogen and oxygen atoms in total. The molecule has 0 bridgehead atoms. The van der Waals surface area contributed by atoms with Crippen LogP contribution in [0.1, 0.15) is 10.5 Å². The highest BCUT2D eigenvalue weighted by atomic mass is 35.5. The Hall–Kier alpha value is -1.43. The number of aromatic carboxylic acids is 1. The van der Waals surface area contributed by atoms with Crippen molar-refractivity contribution >= 4 is 40.8 Å². The van der Waals surface area contributed by atoms with Crippen LogP contribution < -0.4 is 4.74 Å². The van der Waals surface area contributed by atoms with Crippen LogP contribution in [0.15, 0.2) is 22.8 Å². The van der Waals surface area contributed by atoms with Crippen LogP contribution in [0.3, 0.4) is 0 Å². The summed E-state index contributed by atoms with van der Waals surface area (Å²) in [6.07, 6.45) is 0.691. The Morgan fingerprint density at radius 1 is 1.22 bits per heavy atom. The van der Waals surface area contributed by atoms with Crippen molar-refractivity contribution in [3.8, 4) is 11.8 Å². The number of carboxylic acid groups (broad SMARTS) is 1. The molecule has 2 rings (SSSR count). The van der Waals surface area contributed by atoms with E-state index in [1.54, 1.807) is 0 Å². The summed E-state index contributed by atoms with van der Waals surface area (Å²) in [5, 5.41) is 9.36. The Kier molecular flexibility index (Phi) is 3.65. The second kappa shape index (κ2) is 5.06. The van der Waals surface area contributed by atoms with Crippen LogP contribution in [-0.2, 0) is 0 Å². The van der Waals surface area contributed by atoms with Gasteiger partial charge in [-0.15, -0.1) is 0 Å². The molecule has 18 heavy (non-hydrogen) atoms. The van der Waals surface area contributed by atoms with Crippen molar-refractivity contribution in [2.45, 2.75) is 0 Å². The maximum absolute atomic E-state index is 10.6. The summed E-state index contributed by atoms with van der Waals surface area (Å²) in [5.41, 5.74) is -0.277. The standard InChI is InChI=1S/C10H4Cl3NO4/c11-4-1-6(13)8(2-5(4)12)18-10-14-7(3-17-10)9(15)16/h1-3H,(H,15,16). The zero-order valence-electron chi connectivity index (χ0n) is 8.49. The molecule has 1 heterocycles. The molecule has 0 aliphatic carbocycles. The summed E-state index contributed by atoms with van der Waals surface area (Å²) in [5.74, 6) is -1.07. The molecule has 0 atom stereocenters. The first kappa shape index (κ1) is 13.0. The highest BCUT2D eigenvalue weighted by Crippen LogP contribution is 2.36. The average molecular weight is 309 g/mol. The fourth-order valence-electron chi connectivity index (χ4n) is 1.08. The maximum Gasteiger partial charge on any atom is 0.399 e. The number of hydrogen-bond donors (Lipinski definition) is 1. The topological polar surface area (TPSA) is 72.6 Å². The summed E-state index contributed by atoms with van der Waals surface area (Å²) in [4.78, 5) is 14.2. The lowest BCUT2D eigenvalue weighted by atomic mass is 10.3. The normalized spacial score (nSPS) is 10.4. The van der Waals surface area contributed by atoms with E-state index in [2.05, 4.69) is 4.98 Å². The summed E-state index contributed by atoms with van der Waals surface area (Å²) in [7, 11) is 0. The number of oxazole rings is 1. The monoisotopic (exact) mass is 307 g/mol. The molecule has 1 aromatic carbocycles. The molecule has 0 amide bonds. The molecule has 2 aromatic rings. The molecule has 0 spiro atoms. The number of ether oxygens (including phenoxy) is 1. The lowest BCUT2D eigenvalue weighted by Gasteiger charge is -2.04. The molecule has 0 radical (unpaired) electrons. The van der Waals surface area contributed by atoms with Crippen LogP contribution in [0, 0.1) is 0 Å². The highest BCUT2D eigenvalue weighted by molar-refractivity contribution is 6.43. The van der Waals surface area contributed by atoms with Gasteiger partial charge in [-0.2, -0.15) is 4.98 Å². The van der Waals surface area contributed by atoms with Gasteiger partial charge < -0.3 is 14.3 Å². The number of hydrogen-bond acceptors (Lipinski definition) is 4. The van der Waals surface area contributed by atoms with Gasteiger partial charge in [-0.3, -0.25) is 0 Å². The second-order valence-corrected chi connectivity index (χ2v) is 4.32. The number of halogens is 3. The fourth-order valence-corrected chi connectivity index (χ4v) is 1.65. The summed E-state index contributed by atoms with van der Waals surface area (Å²) in [6, 6.07) is 2.76. The van der Waals surface area contributed by atoms with Gasteiger partial charge in [0.15, 0.2) is 11.4 Å². The van der Waals surface area contributed by atoms with Crippen LogP contribution >= 0.6 is 34.8 Å². The lowest BCUT2D eigenvalue weighted by molar-refractivity contribution is 0.0690. The van der Waals surface area contributed by atoms with Crippen LogP contribution in [0.5, 0.6) is 11.8 Å². The highest BCUT2D eigenvalue weighted by Gasteiger charge is 2.14. The Labute approximate surface area is 116 Å². The van der Waals surface area contributed by atoms with E-state index in [-0.39, 0.29) is 32.6 Å². The molecular formula is C10H4Cl3NO4. The zero-order chi connectivity index (χ0) is 13.3. The molecule has 0 saturated carbocycles. The van der Waals surface area contributed by atoms with Gasteiger partial charge in [0, 0.05) is 6.07 Å². The summed E-state index contributed by atoms with van der Waals surface area (Å²) >= 11 is 17.4. The van der Waals surface area contributed by atoms with Gasteiger partial charge >= 0.3 is 12.0 Å².